The molecule has 2 N–H and O–H groups in total. The van der Waals surface area contributed by atoms with Crippen LogP contribution in [0, 0.1) is 0 Å². The summed E-state index contributed by atoms with van der Waals surface area (Å²) in [5, 5.41) is 5.30. The van der Waals surface area contributed by atoms with Crippen molar-refractivity contribution in [2.45, 2.75) is 18.6 Å². The third kappa shape index (κ3) is 2.58. The van der Waals surface area contributed by atoms with Gasteiger partial charge in [0.2, 0.25) is 11.7 Å². The normalized spacial score (nSPS) is 12.7. The predicted molar refractivity (Wildman–Crippen MR) is 86.0 cm³/mol. The van der Waals surface area contributed by atoms with E-state index in [4.69, 9.17) is 10.3 Å². The molecule has 5 nitrogen and oxygen atoms in total. The summed E-state index contributed by atoms with van der Waals surface area (Å²) in [5.41, 5.74) is 7.56. The Hall–Kier alpha value is -2.08. The summed E-state index contributed by atoms with van der Waals surface area (Å²) in [4.78, 5) is 8.86. The van der Waals surface area contributed by atoms with Gasteiger partial charge >= 0.3 is 0 Å². The molecule has 0 amide bonds. The van der Waals surface area contributed by atoms with Gasteiger partial charge in [-0.15, -0.1) is 0 Å². The zero-order valence-electron chi connectivity index (χ0n) is 11.9. The van der Waals surface area contributed by atoms with Gasteiger partial charge in [0.1, 0.15) is 5.82 Å². The zero-order valence-corrected chi connectivity index (χ0v) is 12.7. The Bertz CT molecular complexity index is 767. The lowest BCUT2D eigenvalue weighted by Crippen LogP contribution is -1.94. The second-order valence-electron chi connectivity index (χ2n) is 4.70. The Balaban J connectivity index is 2.12. The highest BCUT2D eigenvalue weighted by atomic mass is 32.2. The number of nitrogens with two attached hydrogens (primary N) is 1. The largest absolute Gasteiger partial charge is 0.384 e. The van der Waals surface area contributed by atoms with Crippen molar-refractivity contribution in [2.24, 2.45) is 0 Å². The number of benzene rings is 1. The molecule has 0 saturated heterocycles. The molecule has 6 heteroatoms. The predicted octanol–water partition coefficient (Wildman–Crippen LogP) is 3.68. The first-order chi connectivity index (χ1) is 10.2. The molecule has 0 radical (unpaired) electrons. The first-order valence-corrected chi connectivity index (χ1v) is 8.03. The van der Waals surface area contributed by atoms with Crippen molar-refractivity contribution in [1.29, 1.82) is 0 Å². The summed E-state index contributed by atoms with van der Waals surface area (Å²) in [5.74, 6) is 1.66. The lowest BCUT2D eigenvalue weighted by atomic mass is 10.1. The average molecular weight is 300 g/mol. The number of nitrogen functional groups attached to an aromatic ring is 1. The van der Waals surface area contributed by atoms with Gasteiger partial charge in [-0.05, 0) is 24.8 Å². The van der Waals surface area contributed by atoms with Gasteiger partial charge in [0.25, 0.3) is 0 Å². The minimum atomic E-state index is 0.219. The number of rotatable bonds is 4. The summed E-state index contributed by atoms with van der Waals surface area (Å²) in [7, 11) is 0. The van der Waals surface area contributed by atoms with Crippen molar-refractivity contribution in [2.75, 3.05) is 12.0 Å². The highest BCUT2D eigenvalue weighted by molar-refractivity contribution is 7.98. The Morgan fingerprint density at radius 2 is 2.10 bits per heavy atom. The van der Waals surface area contributed by atoms with Crippen LogP contribution < -0.4 is 5.73 Å². The first kappa shape index (κ1) is 13.9. The zero-order chi connectivity index (χ0) is 14.8. The molecule has 0 fully saturated rings. The molecule has 2 aromatic heterocycles. The van der Waals surface area contributed by atoms with Crippen LogP contribution >= 0.6 is 11.8 Å². The minimum absolute atomic E-state index is 0.219. The molecule has 21 heavy (non-hydrogen) atoms. The summed E-state index contributed by atoms with van der Waals surface area (Å²) in [6, 6.07) is 9.59. The van der Waals surface area contributed by atoms with Gasteiger partial charge in [-0.1, -0.05) is 30.3 Å². The quantitative estimate of drug-likeness (QED) is 0.792. The maximum Gasteiger partial charge on any atom is 0.240 e. The third-order valence-corrected chi connectivity index (χ3v) is 4.45. The van der Waals surface area contributed by atoms with Gasteiger partial charge in [-0.25, -0.2) is 4.98 Å². The summed E-state index contributed by atoms with van der Waals surface area (Å²) >= 11 is 1.71. The number of pyridine rings is 1. The van der Waals surface area contributed by atoms with E-state index in [1.165, 1.54) is 0 Å². The molecule has 1 unspecified atom stereocenters. The van der Waals surface area contributed by atoms with Crippen LogP contribution in [0.2, 0.25) is 0 Å². The van der Waals surface area contributed by atoms with Gasteiger partial charge < -0.3 is 10.3 Å². The van der Waals surface area contributed by atoms with Crippen molar-refractivity contribution < 1.29 is 4.52 Å². The maximum absolute atomic E-state index is 5.88. The van der Waals surface area contributed by atoms with Crippen molar-refractivity contribution in [3.63, 3.8) is 0 Å². The number of thioether (sulfide) groups is 1. The van der Waals surface area contributed by atoms with Gasteiger partial charge in [-0.2, -0.15) is 16.7 Å². The highest BCUT2D eigenvalue weighted by Gasteiger charge is 2.18. The smallest absolute Gasteiger partial charge is 0.240 e. The van der Waals surface area contributed by atoms with E-state index in [0.29, 0.717) is 17.5 Å². The first-order valence-electron chi connectivity index (χ1n) is 6.75. The van der Waals surface area contributed by atoms with Gasteiger partial charge in [-0.3, -0.25) is 0 Å². The number of hydrogen-bond donors (Lipinski definition) is 1. The van der Waals surface area contributed by atoms with Crippen molar-refractivity contribution in [3.05, 3.63) is 36.2 Å². The Kier molecular flexibility index (Phi) is 3.79. The van der Waals surface area contributed by atoms with E-state index in [2.05, 4.69) is 22.0 Å². The summed E-state index contributed by atoms with van der Waals surface area (Å²) < 4.78 is 5.41. The van der Waals surface area contributed by atoms with Crippen molar-refractivity contribution in [3.8, 4) is 11.4 Å². The molecule has 0 aliphatic rings. The molecule has 0 aliphatic heterocycles. The molecule has 3 aromatic rings. The number of fused-ring (bicyclic) bond motifs is 1. The molecule has 2 heterocycles. The Morgan fingerprint density at radius 1 is 1.29 bits per heavy atom. The van der Waals surface area contributed by atoms with E-state index in [1.54, 1.807) is 17.8 Å². The molecular formula is C15H16N4OS. The van der Waals surface area contributed by atoms with Crippen LogP contribution in [0.3, 0.4) is 0 Å². The van der Waals surface area contributed by atoms with E-state index in [0.717, 1.165) is 22.9 Å². The number of nitrogens with zero attached hydrogens (tertiary/aromatic N) is 3. The maximum atomic E-state index is 5.88. The van der Waals surface area contributed by atoms with Crippen LogP contribution in [0.5, 0.6) is 0 Å². The number of aromatic nitrogens is 3. The number of hydrogen-bond acceptors (Lipinski definition) is 6. The van der Waals surface area contributed by atoms with Crippen molar-refractivity contribution >= 4 is 28.5 Å². The van der Waals surface area contributed by atoms with Gasteiger partial charge in [0.05, 0.1) is 10.8 Å². The molecule has 108 valence electrons. The van der Waals surface area contributed by atoms with Crippen LogP contribution in [0.4, 0.5) is 5.82 Å². The summed E-state index contributed by atoms with van der Waals surface area (Å²) in [6.07, 6.45) is 2.99. The third-order valence-electron chi connectivity index (χ3n) is 3.35. The van der Waals surface area contributed by atoms with Crippen LogP contribution in [0.25, 0.3) is 22.3 Å². The fourth-order valence-corrected chi connectivity index (χ4v) is 2.93. The second-order valence-corrected chi connectivity index (χ2v) is 5.74. The van der Waals surface area contributed by atoms with Crippen LogP contribution in [-0.2, 0) is 0 Å². The van der Waals surface area contributed by atoms with E-state index in [1.807, 2.05) is 30.5 Å². The van der Waals surface area contributed by atoms with Crippen LogP contribution in [0.15, 0.2) is 34.9 Å². The Morgan fingerprint density at radius 3 is 2.86 bits per heavy atom. The average Bonchev–Trinajstić information content (AvgIpc) is 2.97. The molecule has 1 aromatic carbocycles. The van der Waals surface area contributed by atoms with Crippen LogP contribution in [-0.4, -0.2) is 21.4 Å². The lowest BCUT2D eigenvalue weighted by Gasteiger charge is -2.05. The SMILES string of the molecule is CCC(SC)c1nc(-c2cc(N)nc3ccccc23)no1. The standard InChI is InChI=1S/C15H16N4OS/c1-3-12(21-2)15-18-14(19-20-15)10-8-13(16)17-11-7-5-4-6-9(10)11/h4-8,12H,3H2,1-2H3,(H2,16,17). The van der Waals surface area contributed by atoms with Gasteiger partial charge in [0, 0.05) is 10.9 Å². The number of anilines is 1. The molecule has 0 aliphatic carbocycles. The fourth-order valence-electron chi connectivity index (χ4n) is 2.30. The topological polar surface area (TPSA) is 77.8 Å². The van der Waals surface area contributed by atoms with Crippen molar-refractivity contribution in [1.82, 2.24) is 15.1 Å². The van der Waals surface area contributed by atoms with Gasteiger partial charge in [0.15, 0.2) is 0 Å². The fraction of sp³-hybridized carbons (Fsp3) is 0.267. The van der Waals surface area contributed by atoms with E-state index in [-0.39, 0.29) is 5.25 Å². The molecule has 0 bridgehead atoms. The highest BCUT2D eigenvalue weighted by Crippen LogP contribution is 2.32. The molecule has 1 atom stereocenters. The molecular weight excluding hydrogens is 284 g/mol. The second kappa shape index (κ2) is 5.73. The molecule has 3 rings (SSSR count). The summed E-state index contributed by atoms with van der Waals surface area (Å²) in [6.45, 7) is 2.10. The molecule has 0 saturated carbocycles. The van der Waals surface area contributed by atoms with E-state index >= 15 is 0 Å². The lowest BCUT2D eigenvalue weighted by molar-refractivity contribution is 0.375. The van der Waals surface area contributed by atoms with Crippen LogP contribution in [0.1, 0.15) is 24.5 Å². The molecule has 0 spiro atoms. The van der Waals surface area contributed by atoms with E-state index in [9.17, 15) is 0 Å². The minimum Gasteiger partial charge on any atom is -0.384 e. The van der Waals surface area contributed by atoms with E-state index < -0.39 is 0 Å². The Labute approximate surface area is 126 Å². The number of para-hydroxylation sites is 1. The monoisotopic (exact) mass is 300 g/mol.